The smallest absolute Gasteiger partial charge is 0.325 e. The molecular formula is C27H36N4O4. The molecule has 1 aromatic carbocycles. The lowest BCUT2D eigenvalue weighted by molar-refractivity contribution is -0.134. The topological polar surface area (TPSA) is 86.1 Å². The number of amides is 4. The van der Waals surface area contributed by atoms with Gasteiger partial charge in [-0.25, -0.2) is 4.79 Å². The number of nitrogens with zero attached hydrogens (tertiary/aromatic N) is 3. The molecule has 35 heavy (non-hydrogen) atoms. The first-order valence-corrected chi connectivity index (χ1v) is 13.0. The molecule has 2 atom stereocenters. The van der Waals surface area contributed by atoms with Crippen LogP contribution in [0.3, 0.4) is 0 Å². The van der Waals surface area contributed by atoms with Crippen molar-refractivity contribution < 1.29 is 18.8 Å². The van der Waals surface area contributed by atoms with Gasteiger partial charge in [0, 0.05) is 31.1 Å². The molecule has 0 spiro atoms. The molecule has 4 amide bonds. The highest BCUT2D eigenvalue weighted by atomic mass is 16.3. The maximum Gasteiger partial charge on any atom is 0.325 e. The number of fused-ring (bicyclic) bond motifs is 1. The van der Waals surface area contributed by atoms with E-state index in [0.29, 0.717) is 56.3 Å². The molecule has 0 aliphatic carbocycles. The molecule has 0 bridgehead atoms. The van der Waals surface area contributed by atoms with E-state index in [0.717, 1.165) is 31.2 Å². The van der Waals surface area contributed by atoms with Gasteiger partial charge < -0.3 is 19.5 Å². The predicted molar refractivity (Wildman–Crippen MR) is 133 cm³/mol. The highest BCUT2D eigenvalue weighted by Crippen LogP contribution is 2.38. The van der Waals surface area contributed by atoms with E-state index in [9.17, 15) is 14.4 Å². The highest BCUT2D eigenvalue weighted by molar-refractivity contribution is 6.07. The van der Waals surface area contributed by atoms with Crippen LogP contribution in [0, 0.1) is 5.92 Å². The third-order valence-electron chi connectivity index (χ3n) is 8.32. The van der Waals surface area contributed by atoms with Crippen LogP contribution < -0.4 is 5.32 Å². The number of likely N-dealkylation sites (tertiary alicyclic amines) is 2. The Morgan fingerprint density at radius 3 is 2.60 bits per heavy atom. The van der Waals surface area contributed by atoms with Crippen molar-refractivity contribution in [2.45, 2.75) is 63.5 Å². The number of para-hydroxylation sites is 1. The van der Waals surface area contributed by atoms with E-state index in [1.165, 1.54) is 11.3 Å². The van der Waals surface area contributed by atoms with Crippen LogP contribution in [0.5, 0.6) is 0 Å². The first kappa shape index (κ1) is 23.9. The average molecular weight is 481 g/mol. The molecule has 8 heteroatoms. The van der Waals surface area contributed by atoms with Crippen LogP contribution in [0.4, 0.5) is 4.79 Å². The van der Waals surface area contributed by atoms with Crippen LogP contribution in [0.25, 0.3) is 11.0 Å². The van der Waals surface area contributed by atoms with Crippen molar-refractivity contribution in [1.82, 2.24) is 20.0 Å². The van der Waals surface area contributed by atoms with E-state index in [2.05, 4.69) is 24.2 Å². The molecule has 0 unspecified atom stereocenters. The second kappa shape index (κ2) is 9.64. The quantitative estimate of drug-likeness (QED) is 0.608. The molecule has 4 heterocycles. The van der Waals surface area contributed by atoms with E-state index in [1.807, 2.05) is 29.2 Å². The van der Waals surface area contributed by atoms with Gasteiger partial charge in [-0.3, -0.25) is 14.5 Å². The predicted octanol–water partition coefficient (Wildman–Crippen LogP) is 3.86. The molecule has 0 saturated carbocycles. The van der Waals surface area contributed by atoms with Crippen molar-refractivity contribution in [2.75, 3.05) is 33.2 Å². The summed E-state index contributed by atoms with van der Waals surface area (Å²) in [7, 11) is 2.12. The van der Waals surface area contributed by atoms with Gasteiger partial charge in [0.15, 0.2) is 5.76 Å². The standard InChI is InChI=1S/C27H36N4O4/c1-3-13-27(25(33)31(26(34)28-27)17-12-21-8-6-14-29(21)2)20-10-15-30(16-11-20)24(32)23-18-19-7-4-5-9-22(19)35-23/h4-5,7,9,18,20-21H,3,6,8,10-17H2,1-2H3,(H,28,34)/t21-,27+/m0/s1. The van der Waals surface area contributed by atoms with Crippen molar-refractivity contribution in [2.24, 2.45) is 5.92 Å². The maximum atomic E-state index is 13.7. The zero-order valence-electron chi connectivity index (χ0n) is 20.8. The Kier molecular flexibility index (Phi) is 6.57. The Hall–Kier alpha value is -2.87. The normalized spacial score (nSPS) is 26.2. The van der Waals surface area contributed by atoms with Crippen LogP contribution in [0.1, 0.15) is 62.4 Å². The molecule has 188 valence electrons. The molecule has 3 aliphatic heterocycles. The molecule has 3 fully saturated rings. The maximum absolute atomic E-state index is 13.7. The molecule has 8 nitrogen and oxygen atoms in total. The summed E-state index contributed by atoms with van der Waals surface area (Å²) < 4.78 is 5.78. The lowest BCUT2D eigenvalue weighted by Gasteiger charge is -2.40. The SMILES string of the molecule is CCC[C@]1(C2CCN(C(=O)c3cc4ccccc4o3)CC2)NC(=O)N(CC[C@@H]2CCCN2C)C1=O. The minimum Gasteiger partial charge on any atom is -0.451 e. The Bertz CT molecular complexity index is 1070. The molecule has 5 rings (SSSR count). The Labute approximate surface area is 206 Å². The molecule has 0 radical (unpaired) electrons. The number of hydrogen-bond acceptors (Lipinski definition) is 5. The summed E-state index contributed by atoms with van der Waals surface area (Å²) in [6, 6.07) is 9.57. The number of benzene rings is 1. The molecule has 1 aromatic heterocycles. The number of urea groups is 1. The fraction of sp³-hybridized carbons (Fsp3) is 0.593. The van der Waals surface area contributed by atoms with Gasteiger partial charge in [-0.15, -0.1) is 0 Å². The van der Waals surface area contributed by atoms with Gasteiger partial charge in [-0.05, 0) is 70.2 Å². The van der Waals surface area contributed by atoms with Gasteiger partial charge in [0.1, 0.15) is 11.1 Å². The van der Waals surface area contributed by atoms with Crippen LogP contribution in [-0.2, 0) is 4.79 Å². The molecule has 3 aliphatic rings. The van der Waals surface area contributed by atoms with Crippen molar-refractivity contribution >= 4 is 28.8 Å². The first-order valence-electron chi connectivity index (χ1n) is 13.0. The number of hydrogen-bond donors (Lipinski definition) is 1. The Morgan fingerprint density at radius 2 is 1.91 bits per heavy atom. The summed E-state index contributed by atoms with van der Waals surface area (Å²) in [5, 5.41) is 4.03. The monoisotopic (exact) mass is 480 g/mol. The van der Waals surface area contributed by atoms with E-state index in [-0.39, 0.29) is 23.8 Å². The first-order chi connectivity index (χ1) is 16.9. The third kappa shape index (κ3) is 4.33. The zero-order chi connectivity index (χ0) is 24.6. The third-order valence-corrected chi connectivity index (χ3v) is 8.32. The number of rotatable bonds is 7. The largest absolute Gasteiger partial charge is 0.451 e. The van der Waals surface area contributed by atoms with Crippen molar-refractivity contribution in [1.29, 1.82) is 0 Å². The minimum atomic E-state index is -0.859. The number of furan rings is 1. The molecular weight excluding hydrogens is 444 g/mol. The van der Waals surface area contributed by atoms with Gasteiger partial charge in [-0.2, -0.15) is 0 Å². The Morgan fingerprint density at radius 1 is 1.14 bits per heavy atom. The second-order valence-corrected chi connectivity index (χ2v) is 10.4. The molecule has 3 saturated heterocycles. The lowest BCUT2D eigenvalue weighted by atomic mass is 9.74. The van der Waals surface area contributed by atoms with Gasteiger partial charge in [0.25, 0.3) is 11.8 Å². The van der Waals surface area contributed by atoms with Crippen LogP contribution in [-0.4, -0.2) is 77.4 Å². The summed E-state index contributed by atoms with van der Waals surface area (Å²) in [4.78, 5) is 45.3. The van der Waals surface area contributed by atoms with E-state index >= 15 is 0 Å². The van der Waals surface area contributed by atoms with Crippen molar-refractivity contribution in [3.05, 3.63) is 36.1 Å². The summed E-state index contributed by atoms with van der Waals surface area (Å²) in [6.07, 6.45) is 5.91. The lowest BCUT2D eigenvalue weighted by Crippen LogP contribution is -2.56. The highest BCUT2D eigenvalue weighted by Gasteiger charge is 2.55. The Balaban J connectivity index is 1.25. The number of carbonyl (C=O) groups is 3. The van der Waals surface area contributed by atoms with E-state index < -0.39 is 5.54 Å². The van der Waals surface area contributed by atoms with Crippen LogP contribution in [0.15, 0.2) is 34.7 Å². The van der Waals surface area contributed by atoms with Gasteiger partial charge in [-0.1, -0.05) is 31.5 Å². The van der Waals surface area contributed by atoms with Crippen molar-refractivity contribution in [3.8, 4) is 0 Å². The van der Waals surface area contributed by atoms with E-state index in [1.54, 1.807) is 6.07 Å². The van der Waals surface area contributed by atoms with Crippen LogP contribution in [0.2, 0.25) is 0 Å². The van der Waals surface area contributed by atoms with Gasteiger partial charge in [0.2, 0.25) is 0 Å². The van der Waals surface area contributed by atoms with Crippen molar-refractivity contribution in [3.63, 3.8) is 0 Å². The fourth-order valence-electron chi connectivity index (χ4n) is 6.33. The van der Waals surface area contributed by atoms with Gasteiger partial charge >= 0.3 is 6.03 Å². The minimum absolute atomic E-state index is 0.0118. The van der Waals surface area contributed by atoms with Gasteiger partial charge in [0.05, 0.1) is 0 Å². The second-order valence-electron chi connectivity index (χ2n) is 10.4. The summed E-state index contributed by atoms with van der Waals surface area (Å²) in [6.45, 7) is 4.69. The van der Waals surface area contributed by atoms with Crippen LogP contribution >= 0.6 is 0 Å². The molecule has 2 aromatic rings. The van der Waals surface area contributed by atoms with E-state index in [4.69, 9.17) is 4.42 Å². The summed E-state index contributed by atoms with van der Waals surface area (Å²) >= 11 is 0. The number of carbonyl (C=O) groups excluding carboxylic acids is 3. The number of nitrogens with one attached hydrogen (secondary N) is 1. The summed E-state index contributed by atoms with van der Waals surface area (Å²) in [5.41, 5.74) is -0.155. The number of imide groups is 1. The molecule has 1 N–H and O–H groups in total. The number of piperidine rings is 1. The average Bonchev–Trinajstić information content (AvgIpc) is 3.54. The fourth-order valence-corrected chi connectivity index (χ4v) is 6.33. The zero-order valence-corrected chi connectivity index (χ0v) is 20.8. The summed E-state index contributed by atoms with van der Waals surface area (Å²) in [5.74, 6) is 0.166.